The van der Waals surface area contributed by atoms with Crippen molar-refractivity contribution < 1.29 is 4.79 Å². The van der Waals surface area contributed by atoms with Gasteiger partial charge in [-0.3, -0.25) is 4.79 Å². The summed E-state index contributed by atoms with van der Waals surface area (Å²) in [6.07, 6.45) is 1.43. The number of pyridine rings is 2. The van der Waals surface area contributed by atoms with E-state index >= 15 is 0 Å². The number of hydrogen-bond donors (Lipinski definition) is 1. The third-order valence-corrected chi connectivity index (χ3v) is 2.93. The lowest BCUT2D eigenvalue weighted by Crippen LogP contribution is -2.14. The molecule has 92 valence electrons. The predicted molar refractivity (Wildman–Crippen MR) is 73.9 cm³/mol. The quantitative estimate of drug-likeness (QED) is 0.860. The van der Waals surface area contributed by atoms with Gasteiger partial charge >= 0.3 is 0 Å². The van der Waals surface area contributed by atoms with Crippen LogP contribution in [0.4, 0.5) is 5.69 Å². The van der Waals surface area contributed by atoms with E-state index in [1.807, 2.05) is 6.92 Å². The molecular formula is C12H9BrClN3O. The molecule has 0 bridgehead atoms. The first-order valence-electron chi connectivity index (χ1n) is 5.12. The van der Waals surface area contributed by atoms with Gasteiger partial charge in [-0.05, 0) is 47.1 Å². The van der Waals surface area contributed by atoms with Gasteiger partial charge in [0.1, 0.15) is 10.3 Å². The Kier molecular flexibility index (Phi) is 3.93. The summed E-state index contributed by atoms with van der Waals surface area (Å²) in [5.41, 5.74) is 1.69. The highest BCUT2D eigenvalue weighted by Gasteiger charge is 2.09. The van der Waals surface area contributed by atoms with E-state index in [2.05, 4.69) is 31.2 Å². The van der Waals surface area contributed by atoms with E-state index in [9.17, 15) is 4.79 Å². The molecular weight excluding hydrogens is 318 g/mol. The third-order valence-electron chi connectivity index (χ3n) is 2.26. The third kappa shape index (κ3) is 3.05. The molecule has 0 saturated carbocycles. The van der Waals surface area contributed by atoms with Crippen LogP contribution in [0.2, 0.25) is 5.02 Å². The van der Waals surface area contributed by atoms with Gasteiger partial charge in [0.25, 0.3) is 5.91 Å². The van der Waals surface area contributed by atoms with E-state index in [0.29, 0.717) is 16.4 Å². The van der Waals surface area contributed by atoms with Crippen molar-refractivity contribution in [2.45, 2.75) is 6.92 Å². The molecule has 2 aromatic rings. The Labute approximate surface area is 118 Å². The van der Waals surface area contributed by atoms with E-state index in [4.69, 9.17) is 11.6 Å². The zero-order valence-electron chi connectivity index (χ0n) is 9.45. The molecule has 2 rings (SSSR count). The molecule has 18 heavy (non-hydrogen) atoms. The van der Waals surface area contributed by atoms with Crippen molar-refractivity contribution in [3.63, 3.8) is 0 Å². The van der Waals surface area contributed by atoms with Gasteiger partial charge in [-0.1, -0.05) is 11.6 Å². The first-order chi connectivity index (χ1) is 8.56. The average molecular weight is 327 g/mol. The lowest BCUT2D eigenvalue weighted by Gasteiger charge is -2.07. The number of aryl methyl sites for hydroxylation is 1. The Morgan fingerprint density at radius 1 is 1.33 bits per heavy atom. The molecule has 1 amide bonds. The number of amides is 1. The molecule has 0 unspecified atom stereocenters. The van der Waals surface area contributed by atoms with Crippen LogP contribution in [-0.4, -0.2) is 15.9 Å². The Morgan fingerprint density at radius 2 is 2.11 bits per heavy atom. The first kappa shape index (κ1) is 13.0. The smallest absolute Gasteiger partial charge is 0.274 e. The summed E-state index contributed by atoms with van der Waals surface area (Å²) in [6.45, 7) is 1.82. The summed E-state index contributed by atoms with van der Waals surface area (Å²) >= 11 is 8.97. The average Bonchev–Trinajstić information content (AvgIpc) is 2.33. The summed E-state index contributed by atoms with van der Waals surface area (Å²) in [6, 6.07) is 6.73. The van der Waals surface area contributed by atoms with Crippen molar-refractivity contribution in [2.75, 3.05) is 5.32 Å². The zero-order chi connectivity index (χ0) is 13.1. The van der Waals surface area contributed by atoms with E-state index in [-0.39, 0.29) is 5.91 Å². The second-order valence-electron chi connectivity index (χ2n) is 3.58. The fourth-order valence-corrected chi connectivity index (χ4v) is 1.87. The van der Waals surface area contributed by atoms with Crippen LogP contribution in [-0.2, 0) is 0 Å². The van der Waals surface area contributed by atoms with Crippen molar-refractivity contribution in [1.29, 1.82) is 0 Å². The van der Waals surface area contributed by atoms with Gasteiger partial charge in [-0.25, -0.2) is 9.97 Å². The number of nitrogens with zero attached hydrogens (tertiary/aromatic N) is 2. The Hall–Kier alpha value is -1.46. The van der Waals surface area contributed by atoms with Gasteiger partial charge in [-0.15, -0.1) is 0 Å². The van der Waals surface area contributed by atoms with Crippen LogP contribution in [0.1, 0.15) is 16.2 Å². The van der Waals surface area contributed by atoms with E-state index in [0.717, 1.165) is 10.3 Å². The van der Waals surface area contributed by atoms with Crippen molar-refractivity contribution in [3.05, 3.63) is 51.5 Å². The monoisotopic (exact) mass is 325 g/mol. The molecule has 0 fully saturated rings. The summed E-state index contributed by atoms with van der Waals surface area (Å²) in [4.78, 5) is 20.0. The first-order valence-corrected chi connectivity index (χ1v) is 6.29. The zero-order valence-corrected chi connectivity index (χ0v) is 11.8. The molecule has 4 nitrogen and oxygen atoms in total. The van der Waals surface area contributed by atoms with Crippen molar-refractivity contribution in [2.24, 2.45) is 0 Å². The highest BCUT2D eigenvalue weighted by atomic mass is 79.9. The molecule has 6 heteroatoms. The maximum absolute atomic E-state index is 11.9. The van der Waals surface area contributed by atoms with Gasteiger partial charge < -0.3 is 5.32 Å². The van der Waals surface area contributed by atoms with Crippen LogP contribution in [0.5, 0.6) is 0 Å². The second kappa shape index (κ2) is 5.46. The minimum atomic E-state index is -0.293. The Morgan fingerprint density at radius 3 is 2.72 bits per heavy atom. The van der Waals surface area contributed by atoms with E-state index < -0.39 is 0 Å². The lowest BCUT2D eigenvalue weighted by molar-refractivity contribution is 0.102. The summed E-state index contributed by atoms with van der Waals surface area (Å²) in [5.74, 6) is -0.293. The SMILES string of the molecule is Cc1nc(Br)ccc1NC(=O)c1ccc(Cl)cn1. The number of carbonyl (C=O) groups excluding carboxylic acids is 1. The van der Waals surface area contributed by atoms with Crippen LogP contribution >= 0.6 is 27.5 Å². The molecule has 0 spiro atoms. The summed E-state index contributed by atoms with van der Waals surface area (Å²) in [5, 5.41) is 3.24. The molecule has 0 atom stereocenters. The minimum absolute atomic E-state index is 0.293. The van der Waals surface area contributed by atoms with Crippen molar-refractivity contribution in [1.82, 2.24) is 9.97 Å². The molecule has 0 aromatic carbocycles. The molecule has 0 aliphatic heterocycles. The van der Waals surface area contributed by atoms with E-state index in [1.165, 1.54) is 6.20 Å². The van der Waals surface area contributed by atoms with Gasteiger partial charge in [0.05, 0.1) is 16.4 Å². The molecule has 0 aliphatic carbocycles. The fraction of sp³-hybridized carbons (Fsp3) is 0.0833. The number of aromatic nitrogens is 2. The number of carbonyl (C=O) groups is 1. The molecule has 0 saturated heterocycles. The lowest BCUT2D eigenvalue weighted by atomic mass is 10.3. The van der Waals surface area contributed by atoms with Crippen LogP contribution in [0.25, 0.3) is 0 Å². The summed E-state index contributed by atoms with van der Waals surface area (Å²) < 4.78 is 0.725. The number of rotatable bonds is 2. The number of nitrogens with one attached hydrogen (secondary N) is 1. The number of halogens is 2. The predicted octanol–water partition coefficient (Wildman–Crippen LogP) is 3.45. The maximum atomic E-state index is 11.9. The van der Waals surface area contributed by atoms with Gasteiger partial charge in [-0.2, -0.15) is 0 Å². The highest BCUT2D eigenvalue weighted by molar-refractivity contribution is 9.10. The maximum Gasteiger partial charge on any atom is 0.274 e. The highest BCUT2D eigenvalue weighted by Crippen LogP contribution is 2.17. The van der Waals surface area contributed by atoms with Gasteiger partial charge in [0.15, 0.2) is 0 Å². The van der Waals surface area contributed by atoms with Crippen LogP contribution in [0.3, 0.4) is 0 Å². The van der Waals surface area contributed by atoms with Crippen LogP contribution < -0.4 is 5.32 Å². The topological polar surface area (TPSA) is 54.9 Å². The fourth-order valence-electron chi connectivity index (χ4n) is 1.36. The minimum Gasteiger partial charge on any atom is -0.319 e. The molecule has 0 radical (unpaired) electrons. The van der Waals surface area contributed by atoms with Gasteiger partial charge in [0.2, 0.25) is 0 Å². The Balaban J connectivity index is 2.18. The molecule has 2 aromatic heterocycles. The number of anilines is 1. The van der Waals surface area contributed by atoms with Crippen molar-refractivity contribution >= 4 is 39.1 Å². The normalized spacial score (nSPS) is 10.2. The Bertz CT molecular complexity index is 586. The molecule has 2 heterocycles. The van der Waals surface area contributed by atoms with Crippen LogP contribution in [0, 0.1) is 6.92 Å². The summed E-state index contributed by atoms with van der Waals surface area (Å²) in [7, 11) is 0. The standard InChI is InChI=1S/C12H9BrClN3O/c1-7-9(4-5-11(13)16-7)17-12(18)10-3-2-8(14)6-15-10/h2-6H,1H3,(H,17,18). The number of hydrogen-bond acceptors (Lipinski definition) is 3. The van der Waals surface area contributed by atoms with Gasteiger partial charge in [0, 0.05) is 6.20 Å². The largest absolute Gasteiger partial charge is 0.319 e. The van der Waals surface area contributed by atoms with Crippen molar-refractivity contribution in [3.8, 4) is 0 Å². The molecule has 0 aliphatic rings. The van der Waals surface area contributed by atoms with Crippen LogP contribution in [0.15, 0.2) is 35.1 Å². The molecule has 1 N–H and O–H groups in total. The van der Waals surface area contributed by atoms with E-state index in [1.54, 1.807) is 24.3 Å². The second-order valence-corrected chi connectivity index (χ2v) is 4.83.